The Morgan fingerprint density at radius 1 is 0.923 bits per heavy atom. The van der Waals surface area contributed by atoms with E-state index in [0.717, 1.165) is 43.3 Å². The molecule has 0 saturated carbocycles. The average Bonchev–Trinajstić information content (AvgIpc) is 2.88. The van der Waals surface area contributed by atoms with Crippen LogP contribution >= 0.6 is 7.82 Å². The smallest absolute Gasteiger partial charge is 0.303 e. The van der Waals surface area contributed by atoms with Gasteiger partial charge in [-0.2, -0.15) is 0 Å². The normalized spacial score (nSPS) is 25.8. The van der Waals surface area contributed by atoms with E-state index in [1.54, 1.807) is 6.92 Å². The van der Waals surface area contributed by atoms with Crippen molar-refractivity contribution in [3.05, 3.63) is 0 Å². The molecule has 230 valence electrons. The molecule has 0 amide bonds. The van der Waals surface area contributed by atoms with E-state index < -0.39 is 26.0 Å². The number of ether oxygens (including phenoxy) is 2. The van der Waals surface area contributed by atoms with Crippen LogP contribution in [-0.2, 0) is 27.9 Å². The second-order valence-electron chi connectivity index (χ2n) is 12.3. The minimum Gasteiger partial charge on any atom is -0.756 e. The number of quaternary nitrogens is 1. The molecule has 8 nitrogen and oxygen atoms in total. The van der Waals surface area contributed by atoms with Crippen LogP contribution < -0.4 is 4.89 Å². The molecule has 3 rings (SSSR count). The SMILES string of the molecule is CCCCCCCCCCCCCCCCOC(C)C(COP(=O)([O-])OC1C[N+]2(C)CCC1CC2)OC(C)=O. The fraction of sp³-hybridized carbons (Fsp3) is 0.967. The monoisotopic (exact) mass is 575 g/mol. The summed E-state index contributed by atoms with van der Waals surface area (Å²) < 4.78 is 35.3. The van der Waals surface area contributed by atoms with E-state index in [4.69, 9.17) is 18.5 Å². The number of rotatable bonds is 23. The number of phosphoric acid groups is 1. The summed E-state index contributed by atoms with van der Waals surface area (Å²) in [5, 5.41) is 0. The first-order valence-corrected chi connectivity index (χ1v) is 17.4. The molecule has 3 heterocycles. The third kappa shape index (κ3) is 14.8. The Labute approximate surface area is 238 Å². The van der Waals surface area contributed by atoms with E-state index in [0.29, 0.717) is 13.2 Å². The van der Waals surface area contributed by atoms with Crippen molar-refractivity contribution in [1.82, 2.24) is 0 Å². The Bertz CT molecular complexity index is 713. The molecule has 0 aromatic carbocycles. The minimum absolute atomic E-state index is 0.257. The average molecular weight is 576 g/mol. The summed E-state index contributed by atoms with van der Waals surface area (Å²) in [6.45, 7) is 8.42. The molecule has 3 saturated heterocycles. The van der Waals surface area contributed by atoms with Crippen molar-refractivity contribution >= 4 is 13.8 Å². The molecule has 0 aliphatic carbocycles. The summed E-state index contributed by atoms with van der Waals surface area (Å²) in [5.41, 5.74) is 0. The summed E-state index contributed by atoms with van der Waals surface area (Å²) in [6.07, 6.45) is 18.4. The first-order valence-electron chi connectivity index (χ1n) is 15.9. The molecule has 3 aliphatic heterocycles. The fourth-order valence-electron chi connectivity index (χ4n) is 5.98. The zero-order chi connectivity index (χ0) is 28.6. The van der Waals surface area contributed by atoms with E-state index in [2.05, 4.69) is 14.0 Å². The number of hydrogen-bond donors (Lipinski definition) is 0. The van der Waals surface area contributed by atoms with Crippen molar-refractivity contribution in [2.45, 2.75) is 142 Å². The molecule has 3 aliphatic rings. The maximum atomic E-state index is 12.6. The van der Waals surface area contributed by atoms with Gasteiger partial charge in [0.1, 0.15) is 12.6 Å². The predicted octanol–water partition coefficient (Wildman–Crippen LogP) is 6.54. The second kappa shape index (κ2) is 18.8. The van der Waals surface area contributed by atoms with Gasteiger partial charge in [0.05, 0.1) is 32.8 Å². The van der Waals surface area contributed by atoms with Gasteiger partial charge in [0.15, 0.2) is 6.10 Å². The van der Waals surface area contributed by atoms with Crippen LogP contribution in [0.2, 0.25) is 0 Å². The van der Waals surface area contributed by atoms with Crippen LogP contribution in [-0.4, -0.2) is 68.7 Å². The van der Waals surface area contributed by atoms with Gasteiger partial charge in [0.2, 0.25) is 0 Å². The highest BCUT2D eigenvalue weighted by molar-refractivity contribution is 7.45. The van der Waals surface area contributed by atoms with Crippen molar-refractivity contribution in [2.24, 2.45) is 5.92 Å². The van der Waals surface area contributed by atoms with E-state index in [1.165, 1.54) is 84.0 Å². The zero-order valence-electron chi connectivity index (χ0n) is 25.4. The molecule has 4 atom stereocenters. The van der Waals surface area contributed by atoms with Gasteiger partial charge in [-0.25, -0.2) is 0 Å². The van der Waals surface area contributed by atoms with Crippen molar-refractivity contribution in [3.63, 3.8) is 0 Å². The van der Waals surface area contributed by atoms with Crippen molar-refractivity contribution in [1.29, 1.82) is 0 Å². The zero-order valence-corrected chi connectivity index (χ0v) is 26.3. The molecule has 2 bridgehead atoms. The number of likely N-dealkylation sites (N-methyl/N-ethyl adjacent to an activating group) is 1. The number of fused-ring (bicyclic) bond motifs is 3. The number of unbranched alkanes of at least 4 members (excludes halogenated alkanes) is 13. The van der Waals surface area contributed by atoms with Gasteiger partial charge in [0, 0.05) is 32.3 Å². The van der Waals surface area contributed by atoms with Crippen LogP contribution in [0.4, 0.5) is 0 Å². The minimum atomic E-state index is -4.53. The molecule has 3 fully saturated rings. The summed E-state index contributed by atoms with van der Waals surface area (Å²) >= 11 is 0. The van der Waals surface area contributed by atoms with E-state index in [1.807, 2.05) is 0 Å². The Morgan fingerprint density at radius 3 is 1.92 bits per heavy atom. The topological polar surface area (TPSA) is 94.1 Å². The van der Waals surface area contributed by atoms with Gasteiger partial charge in [-0.1, -0.05) is 90.4 Å². The Balaban J connectivity index is 1.55. The molecular formula is C30H58NO7P. The largest absolute Gasteiger partial charge is 0.756 e. The van der Waals surface area contributed by atoms with Crippen LogP contribution in [0.25, 0.3) is 0 Å². The van der Waals surface area contributed by atoms with Gasteiger partial charge >= 0.3 is 5.97 Å². The molecule has 0 N–H and O–H groups in total. The van der Waals surface area contributed by atoms with E-state index in [-0.39, 0.29) is 18.6 Å². The summed E-state index contributed by atoms with van der Waals surface area (Å²) in [7, 11) is -2.38. The number of phosphoric ester groups is 1. The van der Waals surface area contributed by atoms with E-state index in [9.17, 15) is 14.3 Å². The number of carbonyl (C=O) groups is 1. The fourth-order valence-corrected chi connectivity index (χ4v) is 6.94. The Kier molecular flexibility index (Phi) is 16.8. The molecule has 39 heavy (non-hydrogen) atoms. The predicted molar refractivity (Wildman–Crippen MR) is 153 cm³/mol. The van der Waals surface area contributed by atoms with Gasteiger partial charge in [-0.3, -0.25) is 9.36 Å². The van der Waals surface area contributed by atoms with Gasteiger partial charge in [-0.05, 0) is 13.3 Å². The highest BCUT2D eigenvalue weighted by atomic mass is 31.2. The van der Waals surface area contributed by atoms with E-state index >= 15 is 0 Å². The van der Waals surface area contributed by atoms with Crippen LogP contribution in [0.3, 0.4) is 0 Å². The van der Waals surface area contributed by atoms with Crippen molar-refractivity contribution in [3.8, 4) is 0 Å². The number of carbonyl (C=O) groups excluding carboxylic acids is 1. The maximum absolute atomic E-state index is 12.6. The lowest BCUT2D eigenvalue weighted by molar-refractivity contribution is -0.928. The summed E-state index contributed by atoms with van der Waals surface area (Å²) in [6, 6.07) is 0. The maximum Gasteiger partial charge on any atom is 0.303 e. The van der Waals surface area contributed by atoms with Crippen molar-refractivity contribution in [2.75, 3.05) is 39.9 Å². The molecule has 4 unspecified atom stereocenters. The lowest BCUT2D eigenvalue weighted by Crippen LogP contribution is -2.61. The lowest BCUT2D eigenvalue weighted by Gasteiger charge is -2.50. The highest BCUT2D eigenvalue weighted by Crippen LogP contribution is 2.45. The van der Waals surface area contributed by atoms with Gasteiger partial charge in [0.25, 0.3) is 7.82 Å². The lowest BCUT2D eigenvalue weighted by atomic mass is 9.84. The van der Waals surface area contributed by atoms with Crippen LogP contribution in [0.15, 0.2) is 0 Å². The Morgan fingerprint density at radius 2 is 1.44 bits per heavy atom. The highest BCUT2D eigenvalue weighted by Gasteiger charge is 2.45. The number of nitrogens with zero attached hydrogens (tertiary/aromatic N) is 1. The first-order chi connectivity index (χ1) is 18.6. The summed E-state index contributed by atoms with van der Waals surface area (Å²) in [4.78, 5) is 24.2. The molecule has 0 spiro atoms. The molecule has 0 aromatic rings. The molecule has 9 heteroatoms. The third-order valence-electron chi connectivity index (χ3n) is 8.61. The molecular weight excluding hydrogens is 517 g/mol. The quantitative estimate of drug-likeness (QED) is 0.0591. The standard InChI is InChI=1S/C30H58NO7P/c1-5-6-7-8-9-10-11-12-13-14-15-16-17-18-23-35-26(2)30(37-27(3)32)25-36-39(33,34)38-29-24-31(4)21-19-28(29)20-22-31/h26,28-30H,5-25H2,1-4H3. The summed E-state index contributed by atoms with van der Waals surface area (Å²) in [5.74, 6) is -0.237. The first kappa shape index (κ1) is 34.7. The van der Waals surface area contributed by atoms with Gasteiger partial charge in [-0.15, -0.1) is 0 Å². The third-order valence-corrected chi connectivity index (χ3v) is 9.60. The number of hydrogen-bond acceptors (Lipinski definition) is 7. The van der Waals surface area contributed by atoms with Gasteiger partial charge < -0.3 is 27.9 Å². The number of piperidine rings is 3. The van der Waals surface area contributed by atoms with Crippen LogP contribution in [0, 0.1) is 5.92 Å². The van der Waals surface area contributed by atoms with Crippen LogP contribution in [0.5, 0.6) is 0 Å². The molecule has 0 radical (unpaired) electrons. The number of esters is 1. The second-order valence-corrected chi connectivity index (χ2v) is 13.7. The Hall–Kier alpha value is -0.500. The van der Waals surface area contributed by atoms with Crippen LogP contribution in [0.1, 0.15) is 124 Å². The molecule has 0 aromatic heterocycles. The van der Waals surface area contributed by atoms with Crippen molar-refractivity contribution < 1.29 is 37.3 Å².